The number of hydrogen-bond donors (Lipinski definition) is 2. The Hall–Kier alpha value is -1.85. The van der Waals surface area contributed by atoms with Gasteiger partial charge in [-0.05, 0) is 6.92 Å². The maximum Gasteiger partial charge on any atom is 0.227 e. The van der Waals surface area contributed by atoms with Gasteiger partial charge in [-0.3, -0.25) is 9.59 Å². The van der Waals surface area contributed by atoms with E-state index in [9.17, 15) is 9.59 Å². The number of aryl methyl sites for hydroxylation is 2. The van der Waals surface area contributed by atoms with Gasteiger partial charge in [-0.15, -0.1) is 0 Å². The van der Waals surface area contributed by atoms with Crippen LogP contribution in [0.3, 0.4) is 0 Å². The van der Waals surface area contributed by atoms with Crippen molar-refractivity contribution in [2.45, 2.75) is 13.3 Å². The molecule has 0 unspecified atom stereocenters. The van der Waals surface area contributed by atoms with Gasteiger partial charge < -0.3 is 15.2 Å². The Kier molecular flexibility index (Phi) is 3.84. The van der Waals surface area contributed by atoms with E-state index in [0.29, 0.717) is 18.8 Å². The first-order chi connectivity index (χ1) is 7.13. The van der Waals surface area contributed by atoms with E-state index in [-0.39, 0.29) is 12.3 Å². The minimum atomic E-state index is -0.164. The highest BCUT2D eigenvalue weighted by Gasteiger charge is 2.05. The van der Waals surface area contributed by atoms with Crippen molar-refractivity contribution >= 4 is 18.1 Å². The summed E-state index contributed by atoms with van der Waals surface area (Å²) in [5.41, 5.74) is 0. The molecule has 0 aromatic carbocycles. The van der Waals surface area contributed by atoms with Gasteiger partial charge in [-0.1, -0.05) is 0 Å². The summed E-state index contributed by atoms with van der Waals surface area (Å²) in [7, 11) is 1.85. The van der Waals surface area contributed by atoms with Crippen molar-refractivity contribution in [3.05, 3.63) is 12.0 Å². The highest BCUT2D eigenvalue weighted by Crippen LogP contribution is 2.05. The molecule has 0 aliphatic carbocycles. The number of imidazole rings is 1. The molecular formula is C9H14N4O2. The molecular weight excluding hydrogens is 196 g/mol. The van der Waals surface area contributed by atoms with Gasteiger partial charge in [0, 0.05) is 26.2 Å². The first-order valence-corrected chi connectivity index (χ1v) is 4.60. The monoisotopic (exact) mass is 210 g/mol. The maximum atomic E-state index is 11.3. The normalized spacial score (nSPS) is 9.73. The number of nitrogens with one attached hydrogen (secondary N) is 2. The fourth-order valence-electron chi connectivity index (χ4n) is 1.07. The molecule has 6 nitrogen and oxygen atoms in total. The molecule has 1 aromatic heterocycles. The Labute approximate surface area is 87.7 Å². The van der Waals surface area contributed by atoms with Crippen LogP contribution in [-0.4, -0.2) is 28.4 Å². The third-order valence-corrected chi connectivity index (χ3v) is 1.96. The molecule has 0 aliphatic heterocycles. The Balaban J connectivity index is 2.40. The largest absolute Gasteiger partial charge is 0.358 e. The smallest absolute Gasteiger partial charge is 0.227 e. The standard InChI is InChI=1S/C9H14N4O2/c1-7-11-8(5-13(7)2)12-9(15)3-4-10-6-14/h5-6H,3-4H2,1-2H3,(H,10,14)(H,12,15). The van der Waals surface area contributed by atoms with Crippen LogP contribution in [0, 0.1) is 6.92 Å². The second kappa shape index (κ2) is 5.14. The number of carbonyl (C=O) groups excluding carboxylic acids is 2. The number of aromatic nitrogens is 2. The van der Waals surface area contributed by atoms with Crippen molar-refractivity contribution in [1.82, 2.24) is 14.9 Å². The number of amides is 2. The van der Waals surface area contributed by atoms with Crippen LogP contribution in [-0.2, 0) is 16.6 Å². The summed E-state index contributed by atoms with van der Waals surface area (Å²) in [6, 6.07) is 0. The second-order valence-corrected chi connectivity index (χ2v) is 3.15. The average molecular weight is 210 g/mol. The Bertz CT molecular complexity index is 339. The maximum absolute atomic E-state index is 11.3. The average Bonchev–Trinajstić information content (AvgIpc) is 2.46. The zero-order valence-corrected chi connectivity index (χ0v) is 8.78. The van der Waals surface area contributed by atoms with Crippen molar-refractivity contribution in [1.29, 1.82) is 0 Å². The third-order valence-electron chi connectivity index (χ3n) is 1.96. The Morgan fingerprint density at radius 3 is 2.93 bits per heavy atom. The second-order valence-electron chi connectivity index (χ2n) is 3.15. The van der Waals surface area contributed by atoms with Crippen molar-refractivity contribution in [3.8, 4) is 0 Å². The van der Waals surface area contributed by atoms with Gasteiger partial charge in [0.25, 0.3) is 0 Å². The van der Waals surface area contributed by atoms with E-state index in [0.717, 1.165) is 5.82 Å². The minimum absolute atomic E-state index is 0.164. The van der Waals surface area contributed by atoms with Crippen LogP contribution in [0.15, 0.2) is 6.20 Å². The van der Waals surface area contributed by atoms with Crippen molar-refractivity contribution < 1.29 is 9.59 Å². The van der Waals surface area contributed by atoms with Crippen LogP contribution in [0.25, 0.3) is 0 Å². The number of hydrogen-bond acceptors (Lipinski definition) is 3. The van der Waals surface area contributed by atoms with Crippen LogP contribution < -0.4 is 10.6 Å². The first kappa shape index (κ1) is 11.2. The summed E-state index contributed by atoms with van der Waals surface area (Å²) in [5.74, 6) is 1.20. The molecule has 0 atom stereocenters. The van der Waals surface area contributed by atoms with E-state index >= 15 is 0 Å². The quantitative estimate of drug-likeness (QED) is 0.522. The fourth-order valence-corrected chi connectivity index (χ4v) is 1.07. The van der Waals surface area contributed by atoms with E-state index in [4.69, 9.17) is 0 Å². The number of nitrogens with zero attached hydrogens (tertiary/aromatic N) is 2. The fraction of sp³-hybridized carbons (Fsp3) is 0.444. The topological polar surface area (TPSA) is 76.0 Å². The SMILES string of the molecule is Cc1nc(NC(=O)CCNC=O)cn1C. The molecule has 0 aliphatic rings. The summed E-state index contributed by atoms with van der Waals surface area (Å²) < 4.78 is 1.82. The molecule has 1 aromatic rings. The van der Waals surface area contributed by atoms with E-state index in [1.54, 1.807) is 6.20 Å². The lowest BCUT2D eigenvalue weighted by Gasteiger charge is -2.00. The van der Waals surface area contributed by atoms with Gasteiger partial charge in [0.2, 0.25) is 12.3 Å². The van der Waals surface area contributed by atoms with Gasteiger partial charge >= 0.3 is 0 Å². The van der Waals surface area contributed by atoms with Gasteiger partial charge in [0.05, 0.1) is 0 Å². The molecule has 1 rings (SSSR count). The molecule has 15 heavy (non-hydrogen) atoms. The molecule has 6 heteroatoms. The van der Waals surface area contributed by atoms with Crippen molar-refractivity contribution in [2.75, 3.05) is 11.9 Å². The van der Waals surface area contributed by atoms with Gasteiger partial charge in [-0.2, -0.15) is 0 Å². The van der Waals surface area contributed by atoms with E-state index in [1.165, 1.54) is 0 Å². The zero-order valence-electron chi connectivity index (χ0n) is 8.78. The third kappa shape index (κ3) is 3.41. The van der Waals surface area contributed by atoms with Crippen LogP contribution in [0.5, 0.6) is 0 Å². The zero-order chi connectivity index (χ0) is 11.3. The predicted molar refractivity (Wildman–Crippen MR) is 55.3 cm³/mol. The van der Waals surface area contributed by atoms with Crippen LogP contribution in [0.1, 0.15) is 12.2 Å². The lowest BCUT2D eigenvalue weighted by molar-refractivity contribution is -0.116. The Morgan fingerprint density at radius 1 is 1.67 bits per heavy atom. The number of anilines is 1. The summed E-state index contributed by atoms with van der Waals surface area (Å²) in [6.45, 7) is 2.19. The highest BCUT2D eigenvalue weighted by molar-refractivity contribution is 5.89. The molecule has 82 valence electrons. The van der Waals surface area contributed by atoms with Gasteiger partial charge in [0.15, 0.2) is 5.82 Å². The Morgan fingerprint density at radius 2 is 2.40 bits per heavy atom. The van der Waals surface area contributed by atoms with Crippen LogP contribution in [0.2, 0.25) is 0 Å². The predicted octanol–water partition coefficient (Wildman–Crippen LogP) is -0.197. The summed E-state index contributed by atoms with van der Waals surface area (Å²) in [4.78, 5) is 25.3. The van der Waals surface area contributed by atoms with Crippen LogP contribution >= 0.6 is 0 Å². The van der Waals surface area contributed by atoms with Crippen molar-refractivity contribution in [2.24, 2.45) is 7.05 Å². The van der Waals surface area contributed by atoms with Crippen molar-refractivity contribution in [3.63, 3.8) is 0 Å². The molecule has 0 fully saturated rings. The molecule has 0 saturated heterocycles. The van der Waals surface area contributed by atoms with E-state index in [1.807, 2.05) is 18.5 Å². The van der Waals surface area contributed by atoms with E-state index in [2.05, 4.69) is 15.6 Å². The van der Waals surface area contributed by atoms with Crippen LogP contribution in [0.4, 0.5) is 5.82 Å². The lowest BCUT2D eigenvalue weighted by atomic mass is 10.4. The number of carbonyl (C=O) groups is 2. The van der Waals surface area contributed by atoms with E-state index < -0.39 is 0 Å². The number of rotatable bonds is 5. The molecule has 1 heterocycles. The summed E-state index contributed by atoms with van der Waals surface area (Å²) >= 11 is 0. The summed E-state index contributed by atoms with van der Waals surface area (Å²) in [6.07, 6.45) is 2.55. The molecule has 0 radical (unpaired) electrons. The van der Waals surface area contributed by atoms with Gasteiger partial charge in [-0.25, -0.2) is 4.98 Å². The highest BCUT2D eigenvalue weighted by atomic mass is 16.2. The molecule has 0 saturated carbocycles. The summed E-state index contributed by atoms with van der Waals surface area (Å²) in [5, 5.41) is 5.05. The molecule has 2 amide bonds. The minimum Gasteiger partial charge on any atom is -0.358 e. The van der Waals surface area contributed by atoms with Gasteiger partial charge in [0.1, 0.15) is 5.82 Å². The molecule has 0 bridgehead atoms. The molecule has 0 spiro atoms. The lowest BCUT2D eigenvalue weighted by Crippen LogP contribution is -2.20. The first-order valence-electron chi connectivity index (χ1n) is 4.60. The molecule has 2 N–H and O–H groups in total.